The molecule has 9 nitrogen and oxygen atoms in total. The van der Waals surface area contributed by atoms with Gasteiger partial charge >= 0.3 is 0 Å². The Labute approximate surface area is 214 Å². The number of non-ortho nitro benzene ring substituents is 1. The van der Waals surface area contributed by atoms with Crippen LogP contribution in [-0.4, -0.2) is 61.1 Å². The lowest BCUT2D eigenvalue weighted by atomic mass is 10.2. The zero-order valence-corrected chi connectivity index (χ0v) is 21.7. The van der Waals surface area contributed by atoms with Gasteiger partial charge in [0.05, 0.1) is 29.4 Å². The van der Waals surface area contributed by atoms with Crippen molar-refractivity contribution in [2.45, 2.75) is 13.8 Å². The van der Waals surface area contributed by atoms with Crippen molar-refractivity contribution in [3.8, 4) is 11.5 Å². The Balaban J connectivity index is 0.00000432. The summed E-state index contributed by atoms with van der Waals surface area (Å²) in [6.07, 6.45) is 3.12. The number of anilines is 1. The van der Waals surface area contributed by atoms with Gasteiger partial charge in [-0.2, -0.15) is 0 Å². The molecule has 11 heteroatoms. The van der Waals surface area contributed by atoms with E-state index >= 15 is 0 Å². The molecule has 1 aromatic heterocycles. The molecular weight excluding hydrogens is 492 g/mol. The van der Waals surface area contributed by atoms with Gasteiger partial charge in [-0.05, 0) is 36.9 Å². The molecule has 0 aliphatic carbocycles. The average molecular weight is 521 g/mol. The molecule has 0 N–H and O–H groups in total. The first-order valence-electron chi connectivity index (χ1n) is 10.9. The Kier molecular flexibility index (Phi) is 10.4. The van der Waals surface area contributed by atoms with Crippen LogP contribution in [0.1, 0.15) is 19.4 Å². The third-order valence-electron chi connectivity index (χ3n) is 5.44. The molecule has 0 unspecified atom stereocenters. The van der Waals surface area contributed by atoms with E-state index in [4.69, 9.17) is 14.5 Å². The normalized spacial score (nSPS) is 11.0. The second-order valence-corrected chi connectivity index (χ2v) is 8.38. The van der Waals surface area contributed by atoms with Crippen molar-refractivity contribution in [2.24, 2.45) is 0 Å². The number of rotatable bonds is 11. The first kappa shape index (κ1) is 28.0. The molecule has 35 heavy (non-hydrogen) atoms. The van der Waals surface area contributed by atoms with Gasteiger partial charge in [-0.25, -0.2) is 4.98 Å². The van der Waals surface area contributed by atoms with Crippen LogP contribution < -0.4 is 14.4 Å². The summed E-state index contributed by atoms with van der Waals surface area (Å²) in [5.41, 5.74) is 1.42. The van der Waals surface area contributed by atoms with Gasteiger partial charge in [-0.3, -0.25) is 19.8 Å². The molecular formula is C24H29ClN4O5S. The van der Waals surface area contributed by atoms with Crippen molar-refractivity contribution in [3.63, 3.8) is 0 Å². The Bertz CT molecular complexity index is 1140. The summed E-state index contributed by atoms with van der Waals surface area (Å²) in [5.74, 6) is 0.957. The predicted molar refractivity (Wildman–Crippen MR) is 142 cm³/mol. The van der Waals surface area contributed by atoms with Gasteiger partial charge in [0, 0.05) is 43.4 Å². The molecule has 3 aromatic rings. The van der Waals surface area contributed by atoms with Gasteiger partial charge in [-0.15, -0.1) is 12.4 Å². The quantitative estimate of drug-likeness (QED) is 0.198. The number of halogens is 1. The minimum Gasteiger partial charge on any atom is -0.493 e. The van der Waals surface area contributed by atoms with Crippen LogP contribution >= 0.6 is 23.7 Å². The number of thiazole rings is 1. The summed E-state index contributed by atoms with van der Waals surface area (Å²) in [6.45, 7) is 7.10. The first-order valence-corrected chi connectivity index (χ1v) is 11.7. The van der Waals surface area contributed by atoms with Crippen LogP contribution in [0.2, 0.25) is 0 Å². The number of hydrogen-bond acceptors (Lipinski definition) is 8. The maximum atomic E-state index is 13.2. The molecule has 0 saturated carbocycles. The minimum atomic E-state index is -0.454. The van der Waals surface area contributed by atoms with E-state index in [9.17, 15) is 14.9 Å². The second-order valence-electron chi connectivity index (χ2n) is 7.37. The lowest BCUT2D eigenvalue weighted by Gasteiger charge is -2.23. The number of nitrogens with zero attached hydrogens (tertiary/aromatic N) is 4. The average Bonchev–Trinajstić information content (AvgIpc) is 3.26. The van der Waals surface area contributed by atoms with Gasteiger partial charge in [0.1, 0.15) is 0 Å². The largest absolute Gasteiger partial charge is 0.493 e. The summed E-state index contributed by atoms with van der Waals surface area (Å²) >= 11 is 1.41. The van der Waals surface area contributed by atoms with E-state index < -0.39 is 4.92 Å². The van der Waals surface area contributed by atoms with Crippen LogP contribution in [0.3, 0.4) is 0 Å². The van der Waals surface area contributed by atoms with E-state index in [0.29, 0.717) is 35.3 Å². The number of carbonyl (C=O) groups is 1. The molecule has 0 spiro atoms. The van der Waals surface area contributed by atoms with Crippen LogP contribution in [0.25, 0.3) is 16.3 Å². The molecule has 0 fully saturated rings. The lowest BCUT2D eigenvalue weighted by Crippen LogP contribution is -2.38. The van der Waals surface area contributed by atoms with E-state index in [1.54, 1.807) is 43.4 Å². The lowest BCUT2D eigenvalue weighted by molar-refractivity contribution is -0.384. The number of aromatic nitrogens is 1. The third kappa shape index (κ3) is 6.91. The van der Waals surface area contributed by atoms with Crippen LogP contribution in [0.5, 0.6) is 11.5 Å². The number of benzene rings is 2. The molecule has 0 bridgehead atoms. The van der Waals surface area contributed by atoms with E-state index in [1.807, 2.05) is 6.07 Å². The highest BCUT2D eigenvalue weighted by Crippen LogP contribution is 2.37. The van der Waals surface area contributed by atoms with E-state index in [0.717, 1.165) is 23.3 Å². The maximum Gasteiger partial charge on any atom is 0.269 e. The van der Waals surface area contributed by atoms with E-state index in [2.05, 4.69) is 18.7 Å². The smallest absolute Gasteiger partial charge is 0.269 e. The molecule has 3 rings (SSSR count). The van der Waals surface area contributed by atoms with Crippen molar-refractivity contribution in [2.75, 3.05) is 45.3 Å². The van der Waals surface area contributed by atoms with Gasteiger partial charge < -0.3 is 14.4 Å². The SMILES string of the molecule is CCN(CC)CCN(C(=O)C=Cc1ccc([N+](=O)[O-])cc1)c1nc2cc(OC)c(OC)cc2s1.Cl. The maximum absolute atomic E-state index is 13.2. The zero-order chi connectivity index (χ0) is 24.7. The van der Waals surface area contributed by atoms with Crippen molar-refractivity contribution in [1.82, 2.24) is 9.88 Å². The summed E-state index contributed by atoms with van der Waals surface area (Å²) in [6, 6.07) is 9.70. The van der Waals surface area contributed by atoms with Crippen LogP contribution in [0.15, 0.2) is 42.5 Å². The number of carbonyl (C=O) groups excluding carboxylic acids is 1. The number of ether oxygens (including phenoxy) is 2. The van der Waals surface area contributed by atoms with Crippen LogP contribution in [-0.2, 0) is 4.79 Å². The molecule has 188 valence electrons. The molecule has 0 atom stereocenters. The van der Waals surface area contributed by atoms with Crippen LogP contribution in [0.4, 0.5) is 10.8 Å². The number of likely N-dealkylation sites (N-methyl/N-ethyl adjacent to an activating group) is 1. The number of nitro groups is 1. The fourth-order valence-corrected chi connectivity index (χ4v) is 4.41. The van der Waals surface area contributed by atoms with Crippen molar-refractivity contribution >= 4 is 56.8 Å². The molecule has 0 saturated heterocycles. The number of methoxy groups -OCH3 is 2. The van der Waals surface area contributed by atoms with Gasteiger partial charge in [0.2, 0.25) is 0 Å². The monoisotopic (exact) mass is 520 g/mol. The van der Waals surface area contributed by atoms with Crippen molar-refractivity contribution in [1.29, 1.82) is 0 Å². The second kappa shape index (κ2) is 13.0. The molecule has 1 amide bonds. The third-order valence-corrected chi connectivity index (χ3v) is 6.48. The molecule has 0 aliphatic rings. The number of hydrogen-bond donors (Lipinski definition) is 0. The van der Waals surface area contributed by atoms with Crippen molar-refractivity contribution in [3.05, 3.63) is 58.2 Å². The topological polar surface area (TPSA) is 98.0 Å². The standard InChI is InChI=1S/C24H28N4O5S.ClH/c1-5-26(6-2)13-14-27(23(29)12-9-17-7-10-18(11-8-17)28(30)31)24-25-19-15-20(32-3)21(33-4)16-22(19)34-24;/h7-12,15-16H,5-6,13-14H2,1-4H3;1H. The van der Waals surface area contributed by atoms with Gasteiger partial charge in [0.25, 0.3) is 11.6 Å². The highest BCUT2D eigenvalue weighted by molar-refractivity contribution is 7.22. The van der Waals surface area contributed by atoms with E-state index in [1.165, 1.54) is 29.5 Å². The molecule has 0 aliphatic heterocycles. The molecule has 2 aromatic carbocycles. The fourth-order valence-electron chi connectivity index (χ4n) is 3.40. The van der Waals surface area contributed by atoms with Crippen LogP contribution in [0, 0.1) is 10.1 Å². The van der Waals surface area contributed by atoms with Gasteiger partial charge in [-0.1, -0.05) is 25.2 Å². The zero-order valence-electron chi connectivity index (χ0n) is 20.1. The molecule has 0 radical (unpaired) electrons. The summed E-state index contributed by atoms with van der Waals surface area (Å²) < 4.78 is 11.7. The number of nitro benzene ring substituents is 1. The predicted octanol–water partition coefficient (Wildman–Crippen LogP) is 5.03. The van der Waals surface area contributed by atoms with Crippen molar-refractivity contribution < 1.29 is 19.2 Å². The minimum absolute atomic E-state index is 0. The highest BCUT2D eigenvalue weighted by atomic mass is 35.5. The summed E-state index contributed by atoms with van der Waals surface area (Å²) in [7, 11) is 3.15. The Morgan fingerprint density at radius 3 is 2.29 bits per heavy atom. The first-order chi connectivity index (χ1) is 16.4. The fraction of sp³-hybridized carbons (Fsp3) is 0.333. The van der Waals surface area contributed by atoms with Gasteiger partial charge in [0.15, 0.2) is 16.6 Å². The van der Waals surface area contributed by atoms with E-state index in [-0.39, 0.29) is 24.0 Å². The number of fused-ring (bicyclic) bond motifs is 1. The Morgan fingerprint density at radius 1 is 1.09 bits per heavy atom. The Morgan fingerprint density at radius 2 is 1.71 bits per heavy atom. The number of amides is 1. The summed E-state index contributed by atoms with van der Waals surface area (Å²) in [5, 5.41) is 11.4. The Hall–Kier alpha value is -3.21. The summed E-state index contributed by atoms with van der Waals surface area (Å²) in [4.78, 5) is 32.2. The highest BCUT2D eigenvalue weighted by Gasteiger charge is 2.20. The molecule has 1 heterocycles.